The Labute approximate surface area is 192 Å². The van der Waals surface area contributed by atoms with E-state index in [1.165, 1.54) is 0 Å². The van der Waals surface area contributed by atoms with Crippen LogP contribution < -0.4 is 19.5 Å². The number of ether oxygens (including phenoxy) is 3. The molecule has 0 bridgehead atoms. The molecule has 1 amide bonds. The van der Waals surface area contributed by atoms with Crippen LogP contribution in [0.15, 0.2) is 85.1 Å². The molecule has 1 N–H and O–H groups in total. The van der Waals surface area contributed by atoms with Crippen molar-refractivity contribution in [3.8, 4) is 34.2 Å². The van der Waals surface area contributed by atoms with Gasteiger partial charge in [-0.25, -0.2) is 4.68 Å². The second kappa shape index (κ2) is 10.4. The molecule has 0 saturated carbocycles. The van der Waals surface area contributed by atoms with Gasteiger partial charge in [0.1, 0.15) is 29.5 Å². The number of para-hydroxylation sites is 2. The number of methoxy groups -OCH3 is 2. The van der Waals surface area contributed by atoms with E-state index in [-0.39, 0.29) is 5.91 Å². The summed E-state index contributed by atoms with van der Waals surface area (Å²) in [4.78, 5) is 13.1. The Bertz CT molecular complexity index is 1200. The molecular formula is C26H25N3O4. The third-order valence-corrected chi connectivity index (χ3v) is 5.06. The van der Waals surface area contributed by atoms with Crippen LogP contribution in [0.25, 0.3) is 16.9 Å². The summed E-state index contributed by atoms with van der Waals surface area (Å²) in [7, 11) is 3.22. The number of carbonyl (C=O) groups is 1. The normalized spacial score (nSPS) is 10.5. The van der Waals surface area contributed by atoms with Gasteiger partial charge in [-0.05, 0) is 48.5 Å². The molecule has 0 saturated heterocycles. The number of hydrogen-bond acceptors (Lipinski definition) is 5. The molecular weight excluding hydrogens is 418 g/mol. The SMILES string of the molecule is COc1ccc(OCCNC(=O)c2cn(-c3ccccc3)nc2-c2ccccc2OC)cc1. The van der Waals surface area contributed by atoms with E-state index in [0.29, 0.717) is 35.9 Å². The Balaban J connectivity index is 1.52. The molecule has 3 aromatic carbocycles. The van der Waals surface area contributed by atoms with Gasteiger partial charge in [0.2, 0.25) is 0 Å². The van der Waals surface area contributed by atoms with Gasteiger partial charge in [0.25, 0.3) is 5.91 Å². The maximum absolute atomic E-state index is 13.1. The second-order valence-electron chi connectivity index (χ2n) is 7.15. The minimum Gasteiger partial charge on any atom is -0.497 e. The molecule has 168 valence electrons. The number of amides is 1. The van der Waals surface area contributed by atoms with Gasteiger partial charge >= 0.3 is 0 Å². The number of nitrogens with zero attached hydrogens (tertiary/aromatic N) is 2. The van der Waals surface area contributed by atoms with Gasteiger partial charge in [0, 0.05) is 11.8 Å². The lowest BCUT2D eigenvalue weighted by atomic mass is 10.1. The summed E-state index contributed by atoms with van der Waals surface area (Å²) in [6.07, 6.45) is 1.73. The molecule has 4 rings (SSSR count). The first-order valence-corrected chi connectivity index (χ1v) is 10.5. The van der Waals surface area contributed by atoms with Crippen LogP contribution in [0.1, 0.15) is 10.4 Å². The number of benzene rings is 3. The van der Waals surface area contributed by atoms with E-state index in [0.717, 1.165) is 17.0 Å². The quantitative estimate of drug-likeness (QED) is 0.389. The van der Waals surface area contributed by atoms with E-state index >= 15 is 0 Å². The molecule has 0 aliphatic rings. The molecule has 0 aliphatic carbocycles. The third-order valence-electron chi connectivity index (χ3n) is 5.06. The molecule has 0 unspecified atom stereocenters. The highest BCUT2D eigenvalue weighted by Gasteiger charge is 2.21. The zero-order chi connectivity index (χ0) is 23.0. The van der Waals surface area contributed by atoms with Gasteiger partial charge in [0.15, 0.2) is 0 Å². The highest BCUT2D eigenvalue weighted by Crippen LogP contribution is 2.31. The lowest BCUT2D eigenvalue weighted by Crippen LogP contribution is -2.28. The van der Waals surface area contributed by atoms with Crippen molar-refractivity contribution in [2.45, 2.75) is 0 Å². The molecule has 7 nitrogen and oxygen atoms in total. The Morgan fingerprint density at radius 2 is 1.58 bits per heavy atom. The smallest absolute Gasteiger partial charge is 0.255 e. The second-order valence-corrected chi connectivity index (χ2v) is 7.15. The zero-order valence-corrected chi connectivity index (χ0v) is 18.5. The van der Waals surface area contributed by atoms with Gasteiger partial charge in [-0.1, -0.05) is 30.3 Å². The molecule has 1 heterocycles. The monoisotopic (exact) mass is 443 g/mol. The zero-order valence-electron chi connectivity index (χ0n) is 18.5. The van der Waals surface area contributed by atoms with Crippen LogP contribution in [0.4, 0.5) is 0 Å². The van der Waals surface area contributed by atoms with Crippen LogP contribution in [0.5, 0.6) is 17.2 Å². The Morgan fingerprint density at radius 3 is 2.30 bits per heavy atom. The summed E-state index contributed by atoms with van der Waals surface area (Å²) < 4.78 is 18.1. The lowest BCUT2D eigenvalue weighted by Gasteiger charge is -2.09. The minimum atomic E-state index is -0.239. The van der Waals surface area contributed by atoms with Crippen molar-refractivity contribution in [1.82, 2.24) is 15.1 Å². The predicted octanol–water partition coefficient (Wildman–Crippen LogP) is 4.37. The average Bonchev–Trinajstić information content (AvgIpc) is 3.33. The van der Waals surface area contributed by atoms with Gasteiger partial charge in [-0.3, -0.25) is 4.79 Å². The maximum Gasteiger partial charge on any atom is 0.255 e. The van der Waals surface area contributed by atoms with Gasteiger partial charge in [-0.15, -0.1) is 0 Å². The molecule has 33 heavy (non-hydrogen) atoms. The summed E-state index contributed by atoms with van der Waals surface area (Å²) in [5.41, 5.74) is 2.60. The van der Waals surface area contributed by atoms with E-state index in [2.05, 4.69) is 5.32 Å². The number of rotatable bonds is 9. The highest BCUT2D eigenvalue weighted by molar-refractivity contribution is 6.00. The highest BCUT2D eigenvalue weighted by atomic mass is 16.5. The summed E-state index contributed by atoms with van der Waals surface area (Å²) in [6.45, 7) is 0.668. The number of nitrogens with one attached hydrogen (secondary N) is 1. The first-order valence-electron chi connectivity index (χ1n) is 10.5. The Kier molecular flexibility index (Phi) is 6.90. The number of carbonyl (C=O) groups excluding carboxylic acids is 1. The van der Waals surface area contributed by atoms with E-state index in [9.17, 15) is 4.79 Å². The molecule has 0 aliphatic heterocycles. The van der Waals surface area contributed by atoms with E-state index < -0.39 is 0 Å². The molecule has 4 aromatic rings. The van der Waals surface area contributed by atoms with Crippen molar-refractivity contribution in [3.63, 3.8) is 0 Å². The third kappa shape index (κ3) is 5.15. The lowest BCUT2D eigenvalue weighted by molar-refractivity contribution is 0.0947. The molecule has 7 heteroatoms. The van der Waals surface area contributed by atoms with Crippen molar-refractivity contribution in [2.75, 3.05) is 27.4 Å². The van der Waals surface area contributed by atoms with Crippen molar-refractivity contribution in [1.29, 1.82) is 0 Å². The number of hydrogen-bond donors (Lipinski definition) is 1. The summed E-state index contributed by atoms with van der Waals surface area (Å²) >= 11 is 0. The first kappa shape index (κ1) is 22.0. The van der Waals surface area contributed by atoms with Crippen LogP contribution in [0.2, 0.25) is 0 Å². The van der Waals surface area contributed by atoms with Crippen molar-refractivity contribution >= 4 is 5.91 Å². The minimum absolute atomic E-state index is 0.239. The molecule has 0 fully saturated rings. The van der Waals surface area contributed by atoms with E-state index in [4.69, 9.17) is 19.3 Å². The fourth-order valence-corrected chi connectivity index (χ4v) is 3.39. The largest absolute Gasteiger partial charge is 0.497 e. The first-order chi connectivity index (χ1) is 16.2. The fourth-order valence-electron chi connectivity index (χ4n) is 3.39. The van der Waals surface area contributed by atoms with Gasteiger partial charge in [-0.2, -0.15) is 5.10 Å². The average molecular weight is 444 g/mol. The molecule has 1 aromatic heterocycles. The molecule has 0 radical (unpaired) electrons. The molecule has 0 atom stereocenters. The maximum atomic E-state index is 13.1. The standard InChI is InChI=1S/C26H25N3O4/c1-31-20-12-14-21(15-13-20)33-17-16-27-26(30)23-18-29(19-8-4-3-5-9-19)28-25(23)22-10-6-7-11-24(22)32-2/h3-15,18H,16-17H2,1-2H3,(H,27,30). The summed E-state index contributed by atoms with van der Waals surface area (Å²) in [5, 5.41) is 7.63. The van der Waals surface area contributed by atoms with Gasteiger partial charge in [0.05, 0.1) is 32.0 Å². The fraction of sp³-hybridized carbons (Fsp3) is 0.154. The van der Waals surface area contributed by atoms with Crippen LogP contribution in [-0.2, 0) is 0 Å². The van der Waals surface area contributed by atoms with Crippen molar-refractivity contribution < 1.29 is 19.0 Å². The van der Waals surface area contributed by atoms with Crippen LogP contribution in [-0.4, -0.2) is 43.1 Å². The van der Waals surface area contributed by atoms with Crippen molar-refractivity contribution in [2.24, 2.45) is 0 Å². The predicted molar refractivity (Wildman–Crippen MR) is 126 cm³/mol. The topological polar surface area (TPSA) is 74.6 Å². The van der Waals surface area contributed by atoms with E-state index in [1.54, 1.807) is 25.1 Å². The van der Waals surface area contributed by atoms with Crippen molar-refractivity contribution in [3.05, 3.63) is 90.6 Å². The Morgan fingerprint density at radius 1 is 0.879 bits per heavy atom. The molecule has 0 spiro atoms. The Hall–Kier alpha value is -4.26. The van der Waals surface area contributed by atoms with Crippen LogP contribution >= 0.6 is 0 Å². The van der Waals surface area contributed by atoms with Gasteiger partial charge < -0.3 is 19.5 Å². The summed E-state index contributed by atoms with van der Waals surface area (Å²) in [6, 6.07) is 24.5. The summed E-state index contributed by atoms with van der Waals surface area (Å²) in [5.74, 6) is 1.87. The van der Waals surface area contributed by atoms with E-state index in [1.807, 2.05) is 78.9 Å². The van der Waals surface area contributed by atoms with Crippen LogP contribution in [0.3, 0.4) is 0 Å². The number of aromatic nitrogens is 2. The van der Waals surface area contributed by atoms with Crippen LogP contribution in [0, 0.1) is 0 Å².